The van der Waals surface area contributed by atoms with Crippen LogP contribution in [0.3, 0.4) is 0 Å². The predicted molar refractivity (Wildman–Crippen MR) is 128 cm³/mol. The van der Waals surface area contributed by atoms with Crippen molar-refractivity contribution < 1.29 is 4.57 Å². The van der Waals surface area contributed by atoms with Gasteiger partial charge in [-0.05, 0) is 43.9 Å². The summed E-state index contributed by atoms with van der Waals surface area (Å²) in [5.41, 5.74) is 5.37. The number of hydrogen-bond acceptors (Lipinski definition) is 0. The van der Waals surface area contributed by atoms with E-state index in [-0.39, 0.29) is 0 Å². The fourth-order valence-corrected chi connectivity index (χ4v) is 4.55. The highest BCUT2D eigenvalue weighted by Gasteiger charge is 2.09. The van der Waals surface area contributed by atoms with Crippen molar-refractivity contribution >= 4 is 21.8 Å². The van der Waals surface area contributed by atoms with Gasteiger partial charge >= 0.3 is 0 Å². The fourth-order valence-electron chi connectivity index (χ4n) is 4.55. The zero-order valence-corrected chi connectivity index (χ0v) is 18.2. The van der Waals surface area contributed by atoms with Crippen LogP contribution in [0.1, 0.15) is 30.4 Å². The largest absolute Gasteiger partial charge is 0.340 e. The minimum atomic E-state index is 0.932. The third-order valence-corrected chi connectivity index (χ3v) is 6.21. The monoisotopic (exact) mass is 408 g/mol. The first-order valence-electron chi connectivity index (χ1n) is 11.3. The van der Waals surface area contributed by atoms with Crippen LogP contribution in [-0.2, 0) is 19.6 Å². The normalized spacial score (nSPS) is 11.5. The molecule has 156 valence electrons. The van der Waals surface area contributed by atoms with Crippen molar-refractivity contribution in [2.45, 2.75) is 45.8 Å². The number of rotatable bonds is 8. The third kappa shape index (κ3) is 4.27. The lowest BCUT2D eigenvalue weighted by Gasteiger charge is -2.07. The van der Waals surface area contributed by atoms with Crippen LogP contribution in [0.2, 0.25) is 0 Å². The number of benzene rings is 3. The van der Waals surface area contributed by atoms with Gasteiger partial charge in [-0.2, -0.15) is 0 Å². The average molecular weight is 409 g/mol. The van der Waals surface area contributed by atoms with Gasteiger partial charge in [0.25, 0.3) is 0 Å². The van der Waals surface area contributed by atoms with Crippen LogP contribution in [0.5, 0.6) is 0 Å². The molecule has 0 radical (unpaired) electrons. The number of hydrogen-bond donors (Lipinski definition) is 0. The molecule has 0 amide bonds. The molecule has 0 N–H and O–H groups in total. The molecule has 0 aliphatic rings. The van der Waals surface area contributed by atoms with Crippen molar-refractivity contribution in [2.24, 2.45) is 0 Å². The standard InChI is InChI=1S/C28H30N3/c1-23-13-15-24(16-14-23)21-30-20-19-29(22-30)17-7-2-8-18-31-27-11-5-3-9-25(27)26-10-4-6-12-28(26)31/h3-6,9-16,19-20,22H,2,7-8,17-18,21H2,1H3/q+1. The van der Waals surface area contributed by atoms with Gasteiger partial charge in [0.2, 0.25) is 6.33 Å². The quantitative estimate of drug-likeness (QED) is 0.217. The Labute approximate surface area is 184 Å². The Morgan fingerprint density at radius 3 is 2.06 bits per heavy atom. The van der Waals surface area contributed by atoms with Gasteiger partial charge in [0, 0.05) is 28.4 Å². The van der Waals surface area contributed by atoms with Crippen LogP contribution >= 0.6 is 0 Å². The molecule has 2 heterocycles. The Bertz CT molecular complexity index is 1240. The molecular formula is C28H30N3+. The summed E-state index contributed by atoms with van der Waals surface area (Å²) < 4.78 is 7.08. The van der Waals surface area contributed by atoms with E-state index in [9.17, 15) is 0 Å². The molecule has 31 heavy (non-hydrogen) atoms. The zero-order valence-electron chi connectivity index (χ0n) is 18.2. The molecule has 0 saturated carbocycles. The van der Waals surface area contributed by atoms with E-state index in [0.717, 1.165) is 19.6 Å². The molecule has 0 aliphatic carbocycles. The summed E-state index contributed by atoms with van der Waals surface area (Å²) in [4.78, 5) is 0. The Morgan fingerprint density at radius 2 is 1.35 bits per heavy atom. The minimum absolute atomic E-state index is 0.932. The summed E-state index contributed by atoms with van der Waals surface area (Å²) in [6.45, 7) is 5.22. The zero-order chi connectivity index (χ0) is 21.0. The molecular weight excluding hydrogens is 378 g/mol. The highest BCUT2D eigenvalue weighted by Crippen LogP contribution is 2.29. The van der Waals surface area contributed by atoms with Crippen molar-refractivity contribution in [3.05, 3.63) is 103 Å². The molecule has 5 aromatic rings. The number of imidazole rings is 1. The lowest BCUT2D eigenvalue weighted by molar-refractivity contribution is -0.687. The minimum Gasteiger partial charge on any atom is -0.340 e. The van der Waals surface area contributed by atoms with Crippen LogP contribution in [0.4, 0.5) is 0 Å². The second-order valence-corrected chi connectivity index (χ2v) is 8.56. The molecule has 0 aliphatic heterocycles. The SMILES string of the molecule is Cc1ccc(C[n+]2ccn(CCCCCn3c4ccccc4c4ccccc43)c2)cc1. The van der Waals surface area contributed by atoms with Crippen molar-refractivity contribution in [3.8, 4) is 0 Å². The van der Waals surface area contributed by atoms with Crippen LogP contribution in [0.25, 0.3) is 21.8 Å². The number of aryl methyl sites for hydroxylation is 3. The molecule has 0 atom stereocenters. The molecule has 3 heteroatoms. The maximum Gasteiger partial charge on any atom is 0.244 e. The summed E-state index contributed by atoms with van der Waals surface area (Å²) in [6, 6.07) is 26.4. The molecule has 0 bridgehead atoms. The Morgan fingerprint density at radius 1 is 0.710 bits per heavy atom. The summed E-state index contributed by atoms with van der Waals surface area (Å²) in [7, 11) is 0. The number of unbranched alkanes of at least 4 members (excludes halogenated alkanes) is 2. The van der Waals surface area contributed by atoms with Gasteiger partial charge in [-0.3, -0.25) is 0 Å². The van der Waals surface area contributed by atoms with Crippen LogP contribution in [0, 0.1) is 6.92 Å². The first kappa shape index (κ1) is 19.6. The molecule has 5 rings (SSSR count). The summed E-state index contributed by atoms with van der Waals surface area (Å²) in [5.74, 6) is 0. The van der Waals surface area contributed by atoms with Crippen LogP contribution in [0.15, 0.2) is 91.5 Å². The Kier molecular flexibility index (Phi) is 5.57. The van der Waals surface area contributed by atoms with E-state index >= 15 is 0 Å². The van der Waals surface area contributed by atoms with Gasteiger partial charge in [0.1, 0.15) is 18.9 Å². The molecule has 2 aromatic heterocycles. The van der Waals surface area contributed by atoms with Crippen molar-refractivity contribution in [2.75, 3.05) is 0 Å². The summed E-state index contributed by atoms with van der Waals surface area (Å²) in [5, 5.41) is 2.73. The van der Waals surface area contributed by atoms with E-state index < -0.39 is 0 Å². The van der Waals surface area contributed by atoms with Gasteiger partial charge in [0.15, 0.2) is 0 Å². The summed E-state index contributed by atoms with van der Waals surface area (Å²) in [6.07, 6.45) is 10.2. The highest BCUT2D eigenvalue weighted by atomic mass is 15.1. The molecule has 3 nitrogen and oxygen atoms in total. The highest BCUT2D eigenvalue weighted by molar-refractivity contribution is 6.07. The number of fused-ring (bicyclic) bond motifs is 3. The molecule has 0 unspecified atom stereocenters. The van der Waals surface area contributed by atoms with E-state index in [1.807, 2.05) is 0 Å². The van der Waals surface area contributed by atoms with Crippen molar-refractivity contribution in [3.63, 3.8) is 0 Å². The smallest absolute Gasteiger partial charge is 0.244 e. The molecule has 3 aromatic carbocycles. The maximum absolute atomic E-state index is 2.50. The maximum atomic E-state index is 2.50. The third-order valence-electron chi connectivity index (χ3n) is 6.21. The van der Waals surface area contributed by atoms with E-state index in [2.05, 4.69) is 112 Å². The lowest BCUT2D eigenvalue weighted by Crippen LogP contribution is -2.31. The topological polar surface area (TPSA) is 13.7 Å². The van der Waals surface area contributed by atoms with Gasteiger partial charge in [0.05, 0.1) is 6.54 Å². The number of para-hydroxylation sites is 2. The average Bonchev–Trinajstić information content (AvgIpc) is 3.38. The fraction of sp³-hybridized carbons (Fsp3) is 0.250. The second kappa shape index (κ2) is 8.81. The van der Waals surface area contributed by atoms with E-state index in [1.54, 1.807) is 0 Å². The first-order chi connectivity index (χ1) is 15.3. The Hall–Kier alpha value is -3.33. The molecule has 0 fully saturated rings. The first-order valence-corrected chi connectivity index (χ1v) is 11.3. The summed E-state index contributed by atoms with van der Waals surface area (Å²) >= 11 is 0. The molecule has 0 saturated heterocycles. The van der Waals surface area contributed by atoms with Gasteiger partial charge in [-0.1, -0.05) is 66.2 Å². The number of aromatic nitrogens is 3. The predicted octanol–water partition coefficient (Wildman–Crippen LogP) is 6.11. The molecule has 0 spiro atoms. The van der Waals surface area contributed by atoms with Crippen molar-refractivity contribution in [1.82, 2.24) is 9.13 Å². The van der Waals surface area contributed by atoms with Gasteiger partial charge < -0.3 is 4.57 Å². The van der Waals surface area contributed by atoms with E-state index in [0.29, 0.717) is 0 Å². The van der Waals surface area contributed by atoms with E-state index in [4.69, 9.17) is 0 Å². The lowest BCUT2D eigenvalue weighted by atomic mass is 10.1. The number of nitrogens with zero attached hydrogens (tertiary/aromatic N) is 3. The van der Waals surface area contributed by atoms with Gasteiger partial charge in [-0.15, -0.1) is 0 Å². The van der Waals surface area contributed by atoms with Crippen molar-refractivity contribution in [1.29, 1.82) is 0 Å². The Balaban J connectivity index is 1.16. The van der Waals surface area contributed by atoms with Crippen LogP contribution < -0.4 is 4.57 Å². The van der Waals surface area contributed by atoms with Crippen LogP contribution in [-0.4, -0.2) is 9.13 Å². The van der Waals surface area contributed by atoms with E-state index in [1.165, 1.54) is 52.2 Å². The van der Waals surface area contributed by atoms with Gasteiger partial charge in [-0.25, -0.2) is 9.13 Å². The second-order valence-electron chi connectivity index (χ2n) is 8.56.